The Labute approximate surface area is 54.8 Å². The van der Waals surface area contributed by atoms with Crippen LogP contribution in [0.3, 0.4) is 0 Å². The second-order valence-corrected chi connectivity index (χ2v) is 1.51. The zero-order valence-electron chi connectivity index (χ0n) is 4.68. The number of hydrogen-bond acceptors (Lipinski definition) is 6. The molecule has 0 aliphatic carbocycles. The molecule has 2 aromatic rings. The van der Waals surface area contributed by atoms with Gasteiger partial charge in [0, 0.05) is 5.27 Å². The molecule has 2 rings (SSSR count). The van der Waals surface area contributed by atoms with E-state index in [1.54, 1.807) is 0 Å². The fraction of sp³-hybridized carbons (Fsp3) is 0. The summed E-state index contributed by atoms with van der Waals surface area (Å²) >= 11 is 0. The number of hydrogen-bond donors (Lipinski definition) is 0. The lowest BCUT2D eigenvalue weighted by Crippen LogP contribution is -1.69. The van der Waals surface area contributed by atoms with Gasteiger partial charge in [0.2, 0.25) is 5.76 Å². The Hall–Kier alpha value is -1.72. The van der Waals surface area contributed by atoms with Crippen molar-refractivity contribution in [3.05, 3.63) is 12.4 Å². The molecule has 0 bridgehead atoms. The van der Waals surface area contributed by atoms with E-state index < -0.39 is 0 Å². The van der Waals surface area contributed by atoms with Crippen molar-refractivity contribution in [1.29, 1.82) is 0 Å². The van der Waals surface area contributed by atoms with Gasteiger partial charge in [0.25, 0.3) is 0 Å². The maximum Gasteiger partial charge on any atom is 0.220 e. The summed E-state index contributed by atoms with van der Waals surface area (Å²) in [6.45, 7) is 0. The molecular formula is C4HN4O2. The Morgan fingerprint density at radius 2 is 2.50 bits per heavy atom. The normalized spacial score (nSPS) is 10.0. The van der Waals surface area contributed by atoms with Crippen molar-refractivity contribution < 1.29 is 9.15 Å². The third-order valence-electron chi connectivity index (χ3n) is 0.918. The zero-order valence-corrected chi connectivity index (χ0v) is 4.68. The summed E-state index contributed by atoms with van der Waals surface area (Å²) in [7, 11) is 0. The third-order valence-corrected chi connectivity index (χ3v) is 0.918. The Bertz CT molecular complexity index is 255. The molecule has 49 valence electrons. The van der Waals surface area contributed by atoms with Crippen molar-refractivity contribution in [3.8, 4) is 11.5 Å². The molecule has 1 radical (unpaired) electrons. The van der Waals surface area contributed by atoms with E-state index in [0.29, 0.717) is 11.5 Å². The number of nitrogens with zero attached hydrogens (tertiary/aromatic N) is 4. The summed E-state index contributed by atoms with van der Waals surface area (Å²) in [4.78, 5) is 0. The van der Waals surface area contributed by atoms with Crippen LogP contribution in [-0.2, 0) is 0 Å². The van der Waals surface area contributed by atoms with Crippen LogP contribution in [0.15, 0.2) is 15.3 Å². The minimum atomic E-state index is 0.321. The van der Waals surface area contributed by atoms with Crippen molar-refractivity contribution in [2.75, 3.05) is 0 Å². The summed E-state index contributed by atoms with van der Waals surface area (Å²) in [5.74, 6) is 0.321. The predicted molar refractivity (Wildman–Crippen MR) is 26.4 cm³/mol. The van der Waals surface area contributed by atoms with Gasteiger partial charge in [-0.15, -0.1) is 5.10 Å². The summed E-state index contributed by atoms with van der Waals surface area (Å²) < 4.78 is 8.90. The van der Waals surface area contributed by atoms with E-state index in [0.717, 1.165) is 0 Å². The topological polar surface area (TPSA) is 77.8 Å². The second-order valence-electron chi connectivity index (χ2n) is 1.51. The minimum absolute atomic E-state index is 0.321. The average molecular weight is 137 g/mol. The monoisotopic (exact) mass is 137 g/mol. The highest BCUT2D eigenvalue weighted by Crippen LogP contribution is 2.10. The molecule has 6 nitrogen and oxygen atoms in total. The summed E-state index contributed by atoms with van der Waals surface area (Å²) in [5, 5.41) is 13.3. The molecule has 0 aliphatic heterocycles. The molecule has 0 fully saturated rings. The fourth-order valence-electron chi connectivity index (χ4n) is 0.516. The lowest BCUT2D eigenvalue weighted by atomic mass is 10.4. The molecule has 0 aromatic carbocycles. The Kier molecular flexibility index (Phi) is 0.970. The van der Waals surface area contributed by atoms with Crippen LogP contribution in [-0.4, -0.2) is 20.7 Å². The number of aromatic nitrogens is 4. The fourth-order valence-corrected chi connectivity index (χ4v) is 0.516. The van der Waals surface area contributed by atoms with Crippen LogP contribution >= 0.6 is 0 Å². The van der Waals surface area contributed by atoms with Gasteiger partial charge in [-0.3, -0.25) is 0 Å². The molecule has 0 saturated heterocycles. The SMILES string of the molecule is [c]1nnoc1-c1cnon1. The van der Waals surface area contributed by atoms with E-state index in [4.69, 9.17) is 0 Å². The molecule has 0 N–H and O–H groups in total. The molecule has 6 heteroatoms. The van der Waals surface area contributed by atoms with Crippen LogP contribution in [0.4, 0.5) is 0 Å². The highest BCUT2D eigenvalue weighted by atomic mass is 16.6. The van der Waals surface area contributed by atoms with Gasteiger partial charge in [-0.05, 0) is 5.16 Å². The molecule has 2 heterocycles. The first-order chi connectivity index (χ1) is 4.97. The first-order valence-electron chi connectivity index (χ1n) is 2.45. The average Bonchev–Trinajstić information content (AvgIpc) is 2.59. The second kappa shape index (κ2) is 1.90. The smallest absolute Gasteiger partial charge is 0.220 e. The van der Waals surface area contributed by atoms with Crippen LogP contribution in [0.2, 0.25) is 0 Å². The van der Waals surface area contributed by atoms with Gasteiger partial charge in [-0.2, -0.15) is 0 Å². The first kappa shape index (κ1) is 5.10. The van der Waals surface area contributed by atoms with Crippen molar-refractivity contribution in [1.82, 2.24) is 20.7 Å². The van der Waals surface area contributed by atoms with Gasteiger partial charge in [0.05, 0.1) is 0 Å². The Balaban J connectivity index is 2.48. The van der Waals surface area contributed by atoms with Gasteiger partial charge in [-0.25, -0.2) is 4.63 Å². The molecule has 10 heavy (non-hydrogen) atoms. The van der Waals surface area contributed by atoms with E-state index in [9.17, 15) is 0 Å². The van der Waals surface area contributed by atoms with Gasteiger partial charge in [0.15, 0.2) is 11.9 Å². The van der Waals surface area contributed by atoms with E-state index >= 15 is 0 Å². The minimum Gasteiger partial charge on any atom is -0.334 e. The summed E-state index contributed by atoms with van der Waals surface area (Å²) in [6.07, 6.45) is 3.84. The highest BCUT2D eigenvalue weighted by molar-refractivity contribution is 5.45. The molecule has 0 unspecified atom stereocenters. The molecule has 0 atom stereocenters. The zero-order chi connectivity index (χ0) is 6.81. The predicted octanol–water partition coefficient (Wildman–Crippen LogP) is -0.0802. The molecular weight excluding hydrogens is 136 g/mol. The first-order valence-corrected chi connectivity index (χ1v) is 2.45. The van der Waals surface area contributed by atoms with Gasteiger partial charge < -0.3 is 4.52 Å². The van der Waals surface area contributed by atoms with Crippen molar-refractivity contribution in [2.45, 2.75) is 0 Å². The highest BCUT2D eigenvalue weighted by Gasteiger charge is 2.06. The van der Waals surface area contributed by atoms with Crippen molar-refractivity contribution >= 4 is 0 Å². The molecule has 0 saturated carbocycles. The quantitative estimate of drug-likeness (QED) is 0.547. The summed E-state index contributed by atoms with van der Waals surface area (Å²) in [6, 6.07) is 0. The van der Waals surface area contributed by atoms with Gasteiger partial charge in [-0.1, -0.05) is 5.16 Å². The van der Waals surface area contributed by atoms with E-state index in [1.807, 2.05) is 0 Å². The lowest BCUT2D eigenvalue weighted by molar-refractivity contribution is 0.306. The Morgan fingerprint density at radius 1 is 1.50 bits per heavy atom. The third kappa shape index (κ3) is 0.661. The van der Waals surface area contributed by atoms with Crippen molar-refractivity contribution in [2.24, 2.45) is 0 Å². The largest absolute Gasteiger partial charge is 0.334 e. The van der Waals surface area contributed by atoms with Crippen LogP contribution < -0.4 is 0 Å². The van der Waals surface area contributed by atoms with E-state index in [1.165, 1.54) is 6.20 Å². The maximum absolute atomic E-state index is 4.60. The van der Waals surface area contributed by atoms with Crippen molar-refractivity contribution in [3.63, 3.8) is 0 Å². The number of rotatable bonds is 1. The molecule has 0 aliphatic rings. The molecule has 0 amide bonds. The van der Waals surface area contributed by atoms with E-state index in [2.05, 4.69) is 36.0 Å². The summed E-state index contributed by atoms with van der Waals surface area (Å²) in [5.41, 5.74) is 0.435. The van der Waals surface area contributed by atoms with Crippen LogP contribution in [0.1, 0.15) is 0 Å². The van der Waals surface area contributed by atoms with Gasteiger partial charge >= 0.3 is 0 Å². The standard InChI is InChI=1S/C4HN4O2/c1-3(7-10-6-1)4-2-5-8-9-4/h1H. The van der Waals surface area contributed by atoms with Crippen LogP contribution in [0, 0.1) is 6.20 Å². The van der Waals surface area contributed by atoms with E-state index in [-0.39, 0.29) is 0 Å². The Morgan fingerprint density at radius 3 is 3.10 bits per heavy atom. The molecule has 2 aromatic heterocycles. The molecule has 0 spiro atoms. The maximum atomic E-state index is 4.60. The van der Waals surface area contributed by atoms with Gasteiger partial charge in [0.1, 0.15) is 6.20 Å². The van der Waals surface area contributed by atoms with Crippen LogP contribution in [0.25, 0.3) is 11.5 Å². The lowest BCUT2D eigenvalue weighted by Gasteiger charge is -1.75. The van der Waals surface area contributed by atoms with Crippen LogP contribution in [0.5, 0.6) is 0 Å².